The first-order valence-corrected chi connectivity index (χ1v) is 5.44. The molecule has 0 saturated heterocycles. The predicted octanol–water partition coefficient (Wildman–Crippen LogP) is 3.41. The highest BCUT2D eigenvalue weighted by molar-refractivity contribution is 5.75. The van der Waals surface area contributed by atoms with E-state index >= 15 is 0 Å². The zero-order chi connectivity index (χ0) is 11.3. The van der Waals surface area contributed by atoms with Gasteiger partial charge in [-0.25, -0.2) is 0 Å². The number of carbonyl (C=O) groups is 1. The fourth-order valence-corrected chi connectivity index (χ4v) is 1.53. The summed E-state index contributed by atoms with van der Waals surface area (Å²) in [4.78, 5) is 10.7. The summed E-state index contributed by atoms with van der Waals surface area (Å²) < 4.78 is 5.54. The molecule has 0 heterocycles. The molecule has 0 spiro atoms. The Bertz CT molecular complexity index is 331. The Morgan fingerprint density at radius 3 is 2.67 bits per heavy atom. The third kappa shape index (κ3) is 2.82. The quantitative estimate of drug-likeness (QED) is 0.690. The molecule has 1 aromatic carbocycles. The van der Waals surface area contributed by atoms with Crippen LogP contribution in [0, 0.1) is 0 Å². The van der Waals surface area contributed by atoms with Gasteiger partial charge in [0.15, 0.2) is 0 Å². The van der Waals surface area contributed by atoms with E-state index in [0.29, 0.717) is 18.1 Å². The first-order valence-electron chi connectivity index (χ1n) is 5.44. The van der Waals surface area contributed by atoms with E-state index in [4.69, 9.17) is 4.74 Å². The van der Waals surface area contributed by atoms with Crippen molar-refractivity contribution < 1.29 is 9.53 Å². The fraction of sp³-hybridized carbons (Fsp3) is 0.462. The second-order valence-electron chi connectivity index (χ2n) is 3.66. The maximum Gasteiger partial charge on any atom is 0.150 e. The van der Waals surface area contributed by atoms with E-state index in [1.54, 1.807) is 6.07 Å². The fourth-order valence-electron chi connectivity index (χ4n) is 1.53. The number of rotatable bonds is 5. The number of carbonyl (C=O) groups excluding carboxylic acids is 1. The van der Waals surface area contributed by atoms with Gasteiger partial charge in [-0.15, -0.1) is 0 Å². The molecule has 82 valence electrons. The summed E-state index contributed by atoms with van der Waals surface area (Å²) in [6, 6.07) is 5.60. The van der Waals surface area contributed by atoms with Crippen molar-refractivity contribution in [3.63, 3.8) is 0 Å². The van der Waals surface area contributed by atoms with Gasteiger partial charge in [0.25, 0.3) is 0 Å². The largest absolute Gasteiger partial charge is 0.494 e. The molecule has 1 atom stereocenters. The predicted molar refractivity (Wildman–Crippen MR) is 61.7 cm³/mol. The highest BCUT2D eigenvalue weighted by atomic mass is 16.5. The van der Waals surface area contributed by atoms with Crippen molar-refractivity contribution in [2.75, 3.05) is 6.61 Å². The van der Waals surface area contributed by atoms with E-state index in [1.165, 1.54) is 0 Å². The van der Waals surface area contributed by atoms with Gasteiger partial charge in [0.2, 0.25) is 0 Å². The highest BCUT2D eigenvalue weighted by Crippen LogP contribution is 2.29. The highest BCUT2D eigenvalue weighted by Gasteiger charge is 2.10. The molecule has 0 fully saturated rings. The van der Waals surface area contributed by atoms with Crippen LogP contribution in [0.15, 0.2) is 18.2 Å². The van der Waals surface area contributed by atoms with Gasteiger partial charge in [0, 0.05) is 5.56 Å². The average Bonchev–Trinajstić information content (AvgIpc) is 2.29. The van der Waals surface area contributed by atoms with Crippen LogP contribution in [0.2, 0.25) is 0 Å². The van der Waals surface area contributed by atoms with Crippen molar-refractivity contribution in [1.82, 2.24) is 0 Å². The summed E-state index contributed by atoms with van der Waals surface area (Å²) in [7, 11) is 0. The molecule has 1 rings (SSSR count). The molecule has 0 radical (unpaired) electrons. The lowest BCUT2D eigenvalue weighted by molar-refractivity contribution is 0.112. The number of hydrogen-bond acceptors (Lipinski definition) is 2. The molecule has 2 nitrogen and oxygen atoms in total. The van der Waals surface area contributed by atoms with Crippen molar-refractivity contribution in [3.05, 3.63) is 29.3 Å². The lowest BCUT2D eigenvalue weighted by Crippen LogP contribution is -2.00. The van der Waals surface area contributed by atoms with Crippen LogP contribution in [0.5, 0.6) is 5.75 Å². The van der Waals surface area contributed by atoms with E-state index in [-0.39, 0.29) is 0 Å². The van der Waals surface area contributed by atoms with E-state index in [9.17, 15) is 4.79 Å². The van der Waals surface area contributed by atoms with Crippen LogP contribution in [0.1, 0.15) is 49.0 Å². The number of hydrogen-bond donors (Lipinski definition) is 0. The Kier molecular flexibility index (Phi) is 4.35. The van der Waals surface area contributed by atoms with Crippen LogP contribution in [-0.4, -0.2) is 12.9 Å². The molecule has 0 bridgehead atoms. The van der Waals surface area contributed by atoms with Gasteiger partial charge in [-0.1, -0.05) is 13.8 Å². The molecule has 0 aliphatic carbocycles. The molecule has 1 aromatic rings. The molecule has 1 unspecified atom stereocenters. The summed E-state index contributed by atoms with van der Waals surface area (Å²) in [5.74, 6) is 1.32. The minimum atomic E-state index is 0.423. The maximum absolute atomic E-state index is 10.7. The van der Waals surface area contributed by atoms with E-state index in [1.807, 2.05) is 19.1 Å². The smallest absolute Gasteiger partial charge is 0.150 e. The third-order valence-corrected chi connectivity index (χ3v) is 2.61. The first kappa shape index (κ1) is 11.8. The van der Waals surface area contributed by atoms with Crippen LogP contribution in [0.4, 0.5) is 0 Å². The van der Waals surface area contributed by atoms with Gasteiger partial charge in [-0.05, 0) is 43.0 Å². The number of benzene rings is 1. The lowest BCUT2D eigenvalue weighted by Gasteiger charge is -2.15. The van der Waals surface area contributed by atoms with Gasteiger partial charge in [-0.3, -0.25) is 4.79 Å². The second kappa shape index (κ2) is 5.54. The topological polar surface area (TPSA) is 26.3 Å². The van der Waals surface area contributed by atoms with Gasteiger partial charge in [0.1, 0.15) is 12.0 Å². The van der Waals surface area contributed by atoms with Crippen LogP contribution >= 0.6 is 0 Å². The van der Waals surface area contributed by atoms with E-state index in [2.05, 4.69) is 13.8 Å². The Labute approximate surface area is 91.3 Å². The Morgan fingerprint density at radius 2 is 2.13 bits per heavy atom. The molecule has 2 heteroatoms. The van der Waals surface area contributed by atoms with Gasteiger partial charge >= 0.3 is 0 Å². The summed E-state index contributed by atoms with van der Waals surface area (Å²) in [5.41, 5.74) is 1.85. The molecule has 0 aromatic heterocycles. The van der Waals surface area contributed by atoms with Gasteiger partial charge in [-0.2, -0.15) is 0 Å². The Hall–Kier alpha value is -1.31. The van der Waals surface area contributed by atoms with E-state index in [0.717, 1.165) is 24.0 Å². The third-order valence-electron chi connectivity index (χ3n) is 2.61. The molecule has 0 aliphatic heterocycles. The minimum absolute atomic E-state index is 0.423. The standard InChI is InChI=1S/C13H18O2/c1-4-10(3)12-8-11(9-14)6-7-13(12)15-5-2/h6-10H,4-5H2,1-3H3. The number of aldehydes is 1. The van der Waals surface area contributed by atoms with Crippen molar-refractivity contribution in [2.45, 2.75) is 33.1 Å². The molecule has 15 heavy (non-hydrogen) atoms. The van der Waals surface area contributed by atoms with Crippen molar-refractivity contribution in [1.29, 1.82) is 0 Å². The van der Waals surface area contributed by atoms with Crippen molar-refractivity contribution in [2.24, 2.45) is 0 Å². The summed E-state index contributed by atoms with van der Waals surface area (Å²) in [6.45, 7) is 6.90. The number of ether oxygens (including phenoxy) is 1. The molecule has 0 aliphatic rings. The second-order valence-corrected chi connectivity index (χ2v) is 3.66. The zero-order valence-electron chi connectivity index (χ0n) is 9.62. The Morgan fingerprint density at radius 1 is 1.40 bits per heavy atom. The van der Waals surface area contributed by atoms with Crippen LogP contribution < -0.4 is 4.74 Å². The monoisotopic (exact) mass is 206 g/mol. The van der Waals surface area contributed by atoms with Crippen LogP contribution in [0.3, 0.4) is 0 Å². The Balaban J connectivity index is 3.09. The van der Waals surface area contributed by atoms with Gasteiger partial charge in [0.05, 0.1) is 6.61 Å². The van der Waals surface area contributed by atoms with E-state index < -0.39 is 0 Å². The lowest BCUT2D eigenvalue weighted by atomic mass is 9.96. The maximum atomic E-state index is 10.7. The summed E-state index contributed by atoms with van der Waals surface area (Å²) in [6.07, 6.45) is 1.92. The van der Waals surface area contributed by atoms with Crippen LogP contribution in [0.25, 0.3) is 0 Å². The van der Waals surface area contributed by atoms with Crippen LogP contribution in [-0.2, 0) is 0 Å². The minimum Gasteiger partial charge on any atom is -0.494 e. The first-order chi connectivity index (χ1) is 7.22. The zero-order valence-corrected chi connectivity index (χ0v) is 9.62. The molecule has 0 saturated carbocycles. The molecular formula is C13H18O2. The summed E-state index contributed by atoms with van der Waals surface area (Å²) >= 11 is 0. The van der Waals surface area contributed by atoms with Crippen molar-refractivity contribution >= 4 is 6.29 Å². The van der Waals surface area contributed by atoms with Gasteiger partial charge < -0.3 is 4.74 Å². The summed E-state index contributed by atoms with van der Waals surface area (Å²) in [5, 5.41) is 0. The molecule has 0 N–H and O–H groups in total. The molecular weight excluding hydrogens is 188 g/mol. The average molecular weight is 206 g/mol. The SMILES string of the molecule is CCOc1ccc(C=O)cc1C(C)CC. The molecule has 0 amide bonds. The van der Waals surface area contributed by atoms with Crippen molar-refractivity contribution in [3.8, 4) is 5.75 Å². The normalized spacial score (nSPS) is 12.2.